The number of carbonyl (C=O) groups excluding carboxylic acids is 1. The minimum Gasteiger partial charge on any atom is -0.376 e. The molecule has 122 valence electrons. The molecule has 0 unspecified atom stereocenters. The zero-order valence-electron chi connectivity index (χ0n) is 13.1. The highest BCUT2D eigenvalue weighted by Gasteiger charge is 2.26. The molecule has 1 aromatic heterocycles. The van der Waals surface area contributed by atoms with E-state index < -0.39 is 0 Å². The van der Waals surface area contributed by atoms with Gasteiger partial charge in [-0.15, -0.1) is 5.10 Å². The van der Waals surface area contributed by atoms with Crippen LogP contribution in [0.1, 0.15) is 35.9 Å². The Labute approximate surface area is 139 Å². The molecule has 2 atom stereocenters. The van der Waals surface area contributed by atoms with Crippen molar-refractivity contribution in [2.45, 2.75) is 38.8 Å². The number of nitrogens with one attached hydrogen (secondary N) is 1. The van der Waals surface area contributed by atoms with Gasteiger partial charge >= 0.3 is 0 Å². The molecular formula is C16H19ClN4O2. The van der Waals surface area contributed by atoms with Gasteiger partial charge in [0.2, 0.25) is 0 Å². The predicted molar refractivity (Wildman–Crippen MR) is 87.0 cm³/mol. The Bertz CT molecular complexity index is 710. The summed E-state index contributed by atoms with van der Waals surface area (Å²) in [7, 11) is 0. The van der Waals surface area contributed by atoms with Crippen LogP contribution in [-0.4, -0.2) is 39.7 Å². The summed E-state index contributed by atoms with van der Waals surface area (Å²) in [5.74, 6) is -0.246. The first kappa shape index (κ1) is 16.0. The molecule has 0 saturated carbocycles. The van der Waals surface area contributed by atoms with Gasteiger partial charge in [-0.05, 0) is 38.8 Å². The molecule has 0 bridgehead atoms. The third-order valence-corrected chi connectivity index (χ3v) is 4.39. The van der Waals surface area contributed by atoms with E-state index in [4.69, 9.17) is 16.3 Å². The summed E-state index contributed by atoms with van der Waals surface area (Å²) in [4.78, 5) is 12.4. The largest absolute Gasteiger partial charge is 0.376 e. The van der Waals surface area contributed by atoms with E-state index in [0.717, 1.165) is 19.4 Å². The molecule has 7 heteroatoms. The molecule has 23 heavy (non-hydrogen) atoms. The van der Waals surface area contributed by atoms with E-state index in [1.807, 2.05) is 25.1 Å². The zero-order chi connectivity index (χ0) is 16.4. The molecule has 2 aromatic rings. The standard InChI is InChI=1S/C16H19ClN4O2/c1-10(14-8-5-9-23-14)18-16(22)15-11(2)21(20-19-15)13-7-4-3-6-12(13)17/h3-4,6-7,10,14H,5,8-9H2,1-2H3,(H,18,22)/t10-,14-/m1/s1. The number of aromatic nitrogens is 3. The maximum absolute atomic E-state index is 12.4. The summed E-state index contributed by atoms with van der Waals surface area (Å²) in [6, 6.07) is 7.25. The lowest BCUT2D eigenvalue weighted by molar-refractivity contribution is 0.0709. The highest BCUT2D eigenvalue weighted by molar-refractivity contribution is 6.32. The van der Waals surface area contributed by atoms with Crippen LogP contribution in [0.15, 0.2) is 24.3 Å². The van der Waals surface area contributed by atoms with Crippen molar-refractivity contribution >= 4 is 17.5 Å². The minimum atomic E-state index is -0.246. The lowest BCUT2D eigenvalue weighted by Gasteiger charge is -2.19. The van der Waals surface area contributed by atoms with Crippen LogP contribution < -0.4 is 5.32 Å². The second-order valence-corrected chi connectivity index (χ2v) is 6.11. The van der Waals surface area contributed by atoms with Crippen molar-refractivity contribution < 1.29 is 9.53 Å². The van der Waals surface area contributed by atoms with Crippen LogP contribution in [0, 0.1) is 6.92 Å². The average molecular weight is 335 g/mol. The van der Waals surface area contributed by atoms with E-state index >= 15 is 0 Å². The van der Waals surface area contributed by atoms with Gasteiger partial charge in [0.1, 0.15) is 0 Å². The Kier molecular flexibility index (Phi) is 4.63. The van der Waals surface area contributed by atoms with Crippen LogP contribution in [0.5, 0.6) is 0 Å². The third kappa shape index (κ3) is 3.23. The number of hydrogen-bond donors (Lipinski definition) is 1. The smallest absolute Gasteiger partial charge is 0.274 e. The second kappa shape index (κ2) is 6.68. The fourth-order valence-electron chi connectivity index (χ4n) is 2.76. The fourth-order valence-corrected chi connectivity index (χ4v) is 2.97. The topological polar surface area (TPSA) is 69.0 Å². The number of amides is 1. The number of ether oxygens (including phenoxy) is 1. The van der Waals surface area contributed by atoms with E-state index in [2.05, 4.69) is 15.6 Å². The highest BCUT2D eigenvalue weighted by Crippen LogP contribution is 2.21. The molecular weight excluding hydrogens is 316 g/mol. The van der Waals surface area contributed by atoms with Crippen molar-refractivity contribution in [2.24, 2.45) is 0 Å². The van der Waals surface area contributed by atoms with E-state index in [-0.39, 0.29) is 18.1 Å². The van der Waals surface area contributed by atoms with Gasteiger partial charge in [-0.25, -0.2) is 4.68 Å². The van der Waals surface area contributed by atoms with Crippen molar-refractivity contribution in [1.82, 2.24) is 20.3 Å². The van der Waals surface area contributed by atoms with Crippen molar-refractivity contribution in [1.29, 1.82) is 0 Å². The van der Waals surface area contributed by atoms with Gasteiger partial charge in [0, 0.05) is 6.61 Å². The third-order valence-electron chi connectivity index (χ3n) is 4.07. The fraction of sp³-hybridized carbons (Fsp3) is 0.438. The number of carbonyl (C=O) groups is 1. The molecule has 0 spiro atoms. The number of halogens is 1. The maximum atomic E-state index is 12.4. The van der Waals surface area contributed by atoms with Crippen molar-refractivity contribution in [2.75, 3.05) is 6.61 Å². The summed E-state index contributed by atoms with van der Waals surface area (Å²) in [6.45, 7) is 4.50. The SMILES string of the molecule is Cc1c(C(=O)N[C@H](C)[C@H]2CCCO2)nnn1-c1ccccc1Cl. The van der Waals surface area contributed by atoms with Crippen LogP contribution in [0.3, 0.4) is 0 Å². The molecule has 1 N–H and O–H groups in total. The molecule has 0 radical (unpaired) electrons. The molecule has 3 rings (SSSR count). The van der Waals surface area contributed by atoms with E-state index in [0.29, 0.717) is 22.1 Å². The van der Waals surface area contributed by atoms with Crippen LogP contribution in [0.4, 0.5) is 0 Å². The Morgan fingerprint density at radius 3 is 2.96 bits per heavy atom. The maximum Gasteiger partial charge on any atom is 0.274 e. The molecule has 2 heterocycles. The Morgan fingerprint density at radius 1 is 1.48 bits per heavy atom. The average Bonchev–Trinajstić information content (AvgIpc) is 3.17. The van der Waals surface area contributed by atoms with Crippen molar-refractivity contribution in [3.63, 3.8) is 0 Å². The molecule has 1 aliphatic rings. The van der Waals surface area contributed by atoms with Gasteiger partial charge in [0.05, 0.1) is 28.5 Å². The zero-order valence-corrected chi connectivity index (χ0v) is 13.9. The molecule has 1 fully saturated rings. The van der Waals surface area contributed by atoms with E-state index in [1.54, 1.807) is 17.7 Å². The Balaban J connectivity index is 1.79. The molecule has 1 amide bonds. The number of hydrogen-bond acceptors (Lipinski definition) is 4. The highest BCUT2D eigenvalue weighted by atomic mass is 35.5. The van der Waals surface area contributed by atoms with Gasteiger partial charge in [-0.3, -0.25) is 4.79 Å². The lowest BCUT2D eigenvalue weighted by atomic mass is 10.1. The van der Waals surface area contributed by atoms with Crippen molar-refractivity contribution in [3.8, 4) is 5.69 Å². The molecule has 6 nitrogen and oxygen atoms in total. The van der Waals surface area contributed by atoms with Crippen LogP contribution in [-0.2, 0) is 4.74 Å². The van der Waals surface area contributed by atoms with Gasteiger partial charge in [0.15, 0.2) is 5.69 Å². The Morgan fingerprint density at radius 2 is 2.26 bits per heavy atom. The summed E-state index contributed by atoms with van der Waals surface area (Å²) >= 11 is 6.18. The van der Waals surface area contributed by atoms with Crippen molar-refractivity contribution in [3.05, 3.63) is 40.7 Å². The summed E-state index contributed by atoms with van der Waals surface area (Å²) in [5.41, 5.74) is 1.65. The predicted octanol–water partition coefficient (Wildman–Crippen LogP) is 2.53. The number of rotatable bonds is 4. The van der Waals surface area contributed by atoms with Crippen LogP contribution in [0.25, 0.3) is 5.69 Å². The van der Waals surface area contributed by atoms with Gasteiger partial charge in [-0.2, -0.15) is 0 Å². The van der Waals surface area contributed by atoms with Gasteiger partial charge in [-0.1, -0.05) is 28.9 Å². The molecule has 1 aliphatic heterocycles. The first-order valence-corrected chi connectivity index (χ1v) is 8.05. The Hall–Kier alpha value is -1.92. The molecule has 1 saturated heterocycles. The lowest BCUT2D eigenvalue weighted by Crippen LogP contribution is -2.41. The quantitative estimate of drug-likeness (QED) is 0.932. The van der Waals surface area contributed by atoms with E-state index in [9.17, 15) is 4.79 Å². The second-order valence-electron chi connectivity index (χ2n) is 5.70. The van der Waals surface area contributed by atoms with E-state index in [1.165, 1.54) is 0 Å². The summed E-state index contributed by atoms with van der Waals surface area (Å²) < 4.78 is 7.18. The first-order chi connectivity index (χ1) is 11.1. The molecule has 0 aliphatic carbocycles. The normalized spacial score (nSPS) is 18.8. The monoisotopic (exact) mass is 334 g/mol. The van der Waals surface area contributed by atoms with Gasteiger partial charge in [0.25, 0.3) is 5.91 Å². The number of para-hydroxylation sites is 1. The van der Waals surface area contributed by atoms with Crippen LogP contribution >= 0.6 is 11.6 Å². The minimum absolute atomic E-state index is 0.0603. The molecule has 1 aromatic carbocycles. The first-order valence-electron chi connectivity index (χ1n) is 7.67. The summed E-state index contributed by atoms with van der Waals surface area (Å²) in [6.07, 6.45) is 2.07. The van der Waals surface area contributed by atoms with Gasteiger partial charge < -0.3 is 10.1 Å². The number of nitrogens with zero attached hydrogens (tertiary/aromatic N) is 3. The van der Waals surface area contributed by atoms with Crippen LogP contribution in [0.2, 0.25) is 5.02 Å². The number of benzene rings is 1. The summed E-state index contributed by atoms with van der Waals surface area (Å²) in [5, 5.41) is 11.6.